The van der Waals surface area contributed by atoms with Gasteiger partial charge in [-0.15, -0.1) is 0 Å². The van der Waals surface area contributed by atoms with Gasteiger partial charge in [0.05, 0.1) is 6.42 Å². The summed E-state index contributed by atoms with van der Waals surface area (Å²) in [5.41, 5.74) is 10.4. The zero-order chi connectivity index (χ0) is 21.9. The Bertz CT molecular complexity index is 632. The van der Waals surface area contributed by atoms with E-state index in [9.17, 15) is 24.0 Å². The van der Waals surface area contributed by atoms with Crippen LogP contribution in [0.25, 0.3) is 0 Å². The average Bonchev–Trinajstić information content (AvgIpc) is 2.55. The average molecular weight is 402 g/mol. The maximum absolute atomic E-state index is 12.3. The van der Waals surface area contributed by atoms with Gasteiger partial charge in [-0.2, -0.15) is 0 Å². The molecule has 0 spiro atoms. The van der Waals surface area contributed by atoms with Crippen molar-refractivity contribution in [3.63, 3.8) is 0 Å². The van der Waals surface area contributed by atoms with Crippen LogP contribution in [0.3, 0.4) is 0 Å². The quantitative estimate of drug-likeness (QED) is 0.101. The number of nitrogens with two attached hydrogens (primary N) is 2. The number of rotatable bonds is 12. The van der Waals surface area contributed by atoms with Crippen molar-refractivity contribution < 1.29 is 34.2 Å². The van der Waals surface area contributed by atoms with Crippen molar-refractivity contribution in [2.75, 3.05) is 6.54 Å². The fraction of sp³-hybridized carbons (Fsp3) is 0.600. The first-order valence-electron chi connectivity index (χ1n) is 8.31. The summed E-state index contributed by atoms with van der Waals surface area (Å²) >= 11 is 0. The highest BCUT2D eigenvalue weighted by molar-refractivity contribution is 5.93. The van der Waals surface area contributed by atoms with Gasteiger partial charge in [-0.3, -0.25) is 24.2 Å². The third-order valence-corrected chi connectivity index (χ3v) is 3.38. The van der Waals surface area contributed by atoms with Crippen molar-refractivity contribution in [3.8, 4) is 0 Å². The molecule has 3 amide bonds. The van der Waals surface area contributed by atoms with E-state index in [0.717, 1.165) is 0 Å². The molecule has 3 atom stereocenters. The SMILES string of the molecule is CC(=O)N[C@@H](CCCN=C(N)N)C(=O)N[C@@H](C)C(=O)N[C@@H](CC(=O)O)C(=O)O. The molecule has 0 saturated heterocycles. The monoisotopic (exact) mass is 402 g/mol. The third-order valence-electron chi connectivity index (χ3n) is 3.38. The van der Waals surface area contributed by atoms with Crippen molar-refractivity contribution >= 4 is 35.6 Å². The summed E-state index contributed by atoms with van der Waals surface area (Å²) in [6.07, 6.45) is -0.259. The largest absolute Gasteiger partial charge is 0.481 e. The highest BCUT2D eigenvalue weighted by Gasteiger charge is 2.27. The number of carbonyl (C=O) groups excluding carboxylic acids is 3. The molecule has 0 aromatic carbocycles. The maximum atomic E-state index is 12.3. The summed E-state index contributed by atoms with van der Waals surface area (Å²) < 4.78 is 0. The maximum Gasteiger partial charge on any atom is 0.326 e. The van der Waals surface area contributed by atoms with Crippen LogP contribution in [0.15, 0.2) is 4.99 Å². The molecule has 158 valence electrons. The van der Waals surface area contributed by atoms with Gasteiger partial charge in [-0.1, -0.05) is 0 Å². The lowest BCUT2D eigenvalue weighted by atomic mass is 10.1. The fourth-order valence-corrected chi connectivity index (χ4v) is 2.07. The lowest BCUT2D eigenvalue weighted by Gasteiger charge is -2.21. The van der Waals surface area contributed by atoms with E-state index in [0.29, 0.717) is 6.42 Å². The van der Waals surface area contributed by atoms with Gasteiger partial charge < -0.3 is 37.6 Å². The van der Waals surface area contributed by atoms with E-state index in [1.54, 1.807) is 0 Å². The molecule has 0 bridgehead atoms. The van der Waals surface area contributed by atoms with Gasteiger partial charge in [-0.25, -0.2) is 4.79 Å². The number of carbonyl (C=O) groups is 5. The van der Waals surface area contributed by atoms with E-state index in [4.69, 9.17) is 21.7 Å². The Hall–Kier alpha value is -3.38. The lowest BCUT2D eigenvalue weighted by molar-refractivity contribution is -0.147. The molecule has 0 radical (unpaired) electrons. The van der Waals surface area contributed by atoms with Gasteiger partial charge in [0.2, 0.25) is 17.7 Å². The standard InChI is InChI=1S/C15H26N6O7/c1-7(12(25)21-10(14(27)28)6-11(23)24)19-13(26)9(20-8(2)22)4-3-5-18-15(16)17/h7,9-10H,3-6H2,1-2H3,(H,19,26)(H,20,22)(H,21,25)(H,23,24)(H,27,28)(H4,16,17,18)/t7-,9-,10-/m0/s1. The number of guanidine groups is 1. The molecule has 13 nitrogen and oxygen atoms in total. The molecular weight excluding hydrogens is 376 g/mol. The van der Waals surface area contributed by atoms with Crippen LogP contribution in [0.5, 0.6) is 0 Å². The van der Waals surface area contributed by atoms with Gasteiger partial charge in [0.25, 0.3) is 0 Å². The summed E-state index contributed by atoms with van der Waals surface area (Å²) in [6.45, 7) is 2.74. The normalized spacial score (nSPS) is 13.4. The molecule has 0 aromatic rings. The Morgan fingerprint density at radius 3 is 2.04 bits per heavy atom. The number of carboxylic acids is 2. The molecule has 0 aromatic heterocycles. The van der Waals surface area contributed by atoms with E-state index in [2.05, 4.69) is 15.6 Å². The first-order chi connectivity index (χ1) is 12.9. The summed E-state index contributed by atoms with van der Waals surface area (Å²) in [5.74, 6) is -5.07. The van der Waals surface area contributed by atoms with Crippen molar-refractivity contribution in [1.82, 2.24) is 16.0 Å². The highest BCUT2D eigenvalue weighted by Crippen LogP contribution is 2.01. The molecule has 0 heterocycles. The first-order valence-corrected chi connectivity index (χ1v) is 8.31. The number of amides is 3. The van der Waals surface area contributed by atoms with Crippen LogP contribution in [0.2, 0.25) is 0 Å². The number of hydrogen-bond acceptors (Lipinski definition) is 6. The summed E-state index contributed by atoms with van der Waals surface area (Å²) in [4.78, 5) is 61.0. The molecule has 0 aliphatic heterocycles. The van der Waals surface area contributed by atoms with E-state index < -0.39 is 54.2 Å². The van der Waals surface area contributed by atoms with E-state index in [1.807, 2.05) is 5.32 Å². The highest BCUT2D eigenvalue weighted by atomic mass is 16.4. The van der Waals surface area contributed by atoms with Crippen molar-refractivity contribution in [2.45, 2.75) is 51.2 Å². The lowest BCUT2D eigenvalue weighted by Crippen LogP contribution is -2.54. The minimum Gasteiger partial charge on any atom is -0.481 e. The van der Waals surface area contributed by atoms with Gasteiger partial charge in [0.1, 0.15) is 18.1 Å². The second kappa shape index (κ2) is 12.1. The summed E-state index contributed by atoms with van der Waals surface area (Å²) in [6, 6.07) is -3.77. The fourth-order valence-electron chi connectivity index (χ4n) is 2.07. The van der Waals surface area contributed by atoms with Crippen LogP contribution in [0.4, 0.5) is 0 Å². The number of nitrogens with zero attached hydrogens (tertiary/aromatic N) is 1. The van der Waals surface area contributed by atoms with Crippen molar-refractivity contribution in [3.05, 3.63) is 0 Å². The van der Waals surface area contributed by atoms with Gasteiger partial charge in [0.15, 0.2) is 5.96 Å². The topological polar surface area (TPSA) is 226 Å². The first kappa shape index (κ1) is 24.6. The number of aliphatic carboxylic acids is 2. The van der Waals surface area contributed by atoms with Gasteiger partial charge in [0, 0.05) is 13.5 Å². The van der Waals surface area contributed by atoms with Crippen LogP contribution >= 0.6 is 0 Å². The van der Waals surface area contributed by atoms with E-state index in [-0.39, 0.29) is 18.9 Å². The zero-order valence-corrected chi connectivity index (χ0v) is 15.6. The molecule has 0 unspecified atom stereocenters. The summed E-state index contributed by atoms with van der Waals surface area (Å²) in [5, 5.41) is 24.4. The van der Waals surface area contributed by atoms with Crippen LogP contribution in [-0.4, -0.2) is 70.5 Å². The predicted molar refractivity (Wildman–Crippen MR) is 96.9 cm³/mol. The van der Waals surface area contributed by atoms with E-state index >= 15 is 0 Å². The number of carboxylic acid groups (broad SMARTS) is 2. The Morgan fingerprint density at radius 2 is 1.57 bits per heavy atom. The smallest absolute Gasteiger partial charge is 0.326 e. The number of aliphatic imine (C=N–C) groups is 1. The number of hydrogen-bond donors (Lipinski definition) is 7. The van der Waals surface area contributed by atoms with Crippen LogP contribution in [-0.2, 0) is 24.0 Å². The Labute approximate surface area is 160 Å². The van der Waals surface area contributed by atoms with Crippen LogP contribution in [0, 0.1) is 0 Å². The predicted octanol–water partition coefficient (Wildman–Crippen LogP) is -2.91. The molecule has 0 rings (SSSR count). The van der Waals surface area contributed by atoms with Crippen LogP contribution < -0.4 is 27.4 Å². The molecule has 28 heavy (non-hydrogen) atoms. The van der Waals surface area contributed by atoms with Crippen molar-refractivity contribution in [2.24, 2.45) is 16.5 Å². The molecular formula is C15H26N6O7. The van der Waals surface area contributed by atoms with Gasteiger partial charge in [-0.05, 0) is 19.8 Å². The van der Waals surface area contributed by atoms with Crippen LogP contribution in [0.1, 0.15) is 33.1 Å². The van der Waals surface area contributed by atoms with E-state index in [1.165, 1.54) is 13.8 Å². The van der Waals surface area contributed by atoms with Crippen molar-refractivity contribution in [1.29, 1.82) is 0 Å². The zero-order valence-electron chi connectivity index (χ0n) is 15.6. The Morgan fingerprint density at radius 1 is 0.964 bits per heavy atom. The minimum absolute atomic E-state index is 0.111. The Balaban J connectivity index is 4.85. The summed E-state index contributed by atoms with van der Waals surface area (Å²) in [7, 11) is 0. The third kappa shape index (κ3) is 10.6. The second-order valence-corrected chi connectivity index (χ2v) is 5.93. The molecule has 0 saturated carbocycles. The molecule has 0 fully saturated rings. The Kier molecular flexibility index (Phi) is 10.6. The second-order valence-electron chi connectivity index (χ2n) is 5.93. The molecule has 0 aliphatic carbocycles. The molecule has 0 aliphatic rings. The molecule has 13 heteroatoms. The van der Waals surface area contributed by atoms with Gasteiger partial charge >= 0.3 is 11.9 Å². The number of nitrogens with one attached hydrogen (secondary N) is 3. The minimum atomic E-state index is -1.64. The molecule has 9 N–H and O–H groups in total.